The number of hydrogen-bond acceptors (Lipinski definition) is 7. The van der Waals surface area contributed by atoms with E-state index in [1.807, 2.05) is 44.2 Å². The molecular formula is C58H107NO6. The highest BCUT2D eigenvalue weighted by molar-refractivity contribution is 5.70. The summed E-state index contributed by atoms with van der Waals surface area (Å²) in [7, 11) is 0. The Morgan fingerprint density at radius 3 is 1.25 bits per heavy atom. The number of hydrogen-bond donors (Lipinski definition) is 0. The van der Waals surface area contributed by atoms with Crippen LogP contribution >= 0.6 is 0 Å². The van der Waals surface area contributed by atoms with E-state index in [0.717, 1.165) is 82.9 Å². The Kier molecular flexibility index (Phi) is 46.3. The van der Waals surface area contributed by atoms with Gasteiger partial charge >= 0.3 is 17.9 Å². The largest absolute Gasteiger partial charge is 0.465 e. The number of nitrogens with zero attached hydrogens (tertiary/aromatic N) is 1. The average molecular weight is 914 g/mol. The Labute approximate surface area is 403 Å². The van der Waals surface area contributed by atoms with Crippen molar-refractivity contribution < 1.29 is 28.6 Å². The predicted molar refractivity (Wildman–Crippen MR) is 277 cm³/mol. The predicted octanol–water partition coefficient (Wildman–Crippen LogP) is 17.1. The van der Waals surface area contributed by atoms with Crippen LogP contribution in [0.5, 0.6) is 0 Å². The fourth-order valence-electron chi connectivity index (χ4n) is 8.73. The maximum absolute atomic E-state index is 12.6. The van der Waals surface area contributed by atoms with E-state index in [9.17, 15) is 14.4 Å². The van der Waals surface area contributed by atoms with Gasteiger partial charge in [-0.25, -0.2) is 0 Å². The number of carbonyl (C=O) groups is 3. The lowest BCUT2D eigenvalue weighted by molar-refractivity contribution is -0.146. The molecule has 65 heavy (non-hydrogen) atoms. The van der Waals surface area contributed by atoms with Gasteiger partial charge in [0.1, 0.15) is 6.61 Å². The fourth-order valence-corrected chi connectivity index (χ4v) is 8.73. The van der Waals surface area contributed by atoms with Crippen LogP contribution in [0.15, 0.2) is 30.3 Å². The molecule has 0 heterocycles. The van der Waals surface area contributed by atoms with Crippen LogP contribution in [0.4, 0.5) is 0 Å². The quantitative estimate of drug-likeness (QED) is 0.0366. The van der Waals surface area contributed by atoms with E-state index in [4.69, 9.17) is 14.2 Å². The van der Waals surface area contributed by atoms with Crippen molar-refractivity contribution in [3.05, 3.63) is 35.9 Å². The summed E-state index contributed by atoms with van der Waals surface area (Å²) in [5.74, 6) is 0.881. The van der Waals surface area contributed by atoms with Gasteiger partial charge in [-0.2, -0.15) is 0 Å². The summed E-state index contributed by atoms with van der Waals surface area (Å²) in [5, 5.41) is 0. The SMILES string of the molecule is CC.CCCCCCCCCN(CCCCC(=O)OCc1ccccc1)C(CCCCCCCCC(=O)OCC(CC)CCCC)CCCCCCCCC(=O)OCC(CC)CCCC. The monoisotopic (exact) mass is 914 g/mol. The van der Waals surface area contributed by atoms with E-state index in [1.54, 1.807) is 0 Å². The molecule has 7 nitrogen and oxygen atoms in total. The van der Waals surface area contributed by atoms with E-state index in [2.05, 4.69) is 39.5 Å². The zero-order valence-electron chi connectivity index (χ0n) is 44.1. The van der Waals surface area contributed by atoms with E-state index in [-0.39, 0.29) is 17.9 Å². The van der Waals surface area contributed by atoms with Gasteiger partial charge in [0.05, 0.1) is 13.2 Å². The van der Waals surface area contributed by atoms with Crippen LogP contribution in [0.3, 0.4) is 0 Å². The Balaban J connectivity index is 0.0000202. The van der Waals surface area contributed by atoms with Crippen molar-refractivity contribution >= 4 is 17.9 Å². The first-order valence-electron chi connectivity index (χ1n) is 28.1. The average Bonchev–Trinajstić information content (AvgIpc) is 3.33. The second kappa shape index (κ2) is 48.1. The Morgan fingerprint density at radius 1 is 0.431 bits per heavy atom. The third-order valence-electron chi connectivity index (χ3n) is 13.3. The van der Waals surface area contributed by atoms with Crippen LogP contribution in [0, 0.1) is 11.8 Å². The molecule has 0 aromatic heterocycles. The fraction of sp³-hybridized carbons (Fsp3) is 0.845. The lowest BCUT2D eigenvalue weighted by Gasteiger charge is -2.32. The summed E-state index contributed by atoms with van der Waals surface area (Å²) in [6, 6.07) is 10.5. The molecule has 380 valence electrons. The molecule has 2 unspecified atom stereocenters. The van der Waals surface area contributed by atoms with Crippen molar-refractivity contribution in [3.63, 3.8) is 0 Å². The molecule has 0 aliphatic heterocycles. The molecule has 0 radical (unpaired) electrons. The minimum absolute atomic E-state index is 0.0174. The highest BCUT2D eigenvalue weighted by Crippen LogP contribution is 2.22. The molecule has 1 aromatic rings. The van der Waals surface area contributed by atoms with Crippen LogP contribution in [-0.2, 0) is 35.2 Å². The number of unbranched alkanes of at least 4 members (excludes halogenated alkanes) is 19. The van der Waals surface area contributed by atoms with Gasteiger partial charge < -0.3 is 19.1 Å². The van der Waals surface area contributed by atoms with Crippen molar-refractivity contribution in [2.75, 3.05) is 26.3 Å². The first-order valence-corrected chi connectivity index (χ1v) is 28.1. The molecule has 0 saturated heterocycles. The second-order valence-electron chi connectivity index (χ2n) is 18.9. The van der Waals surface area contributed by atoms with Gasteiger partial charge in [0.2, 0.25) is 0 Å². The van der Waals surface area contributed by atoms with Crippen molar-refractivity contribution in [3.8, 4) is 0 Å². The maximum Gasteiger partial charge on any atom is 0.306 e. The zero-order valence-corrected chi connectivity index (χ0v) is 44.1. The summed E-state index contributed by atoms with van der Waals surface area (Å²) in [5.41, 5.74) is 1.03. The molecule has 0 aliphatic rings. The highest BCUT2D eigenvalue weighted by atomic mass is 16.5. The van der Waals surface area contributed by atoms with Gasteiger partial charge in [0.25, 0.3) is 0 Å². The van der Waals surface area contributed by atoms with Gasteiger partial charge in [0.15, 0.2) is 0 Å². The third kappa shape index (κ3) is 39.3. The molecule has 0 N–H and O–H groups in total. The molecule has 0 spiro atoms. The van der Waals surface area contributed by atoms with Crippen molar-refractivity contribution in [2.24, 2.45) is 11.8 Å². The Morgan fingerprint density at radius 2 is 0.800 bits per heavy atom. The minimum atomic E-state index is -0.0945. The molecule has 1 aromatic carbocycles. The van der Waals surface area contributed by atoms with Crippen LogP contribution < -0.4 is 0 Å². The molecule has 2 atom stereocenters. The summed E-state index contributed by atoms with van der Waals surface area (Å²) < 4.78 is 16.9. The normalized spacial score (nSPS) is 12.6. The van der Waals surface area contributed by atoms with Crippen LogP contribution in [0.2, 0.25) is 0 Å². The first kappa shape index (κ1) is 62.6. The van der Waals surface area contributed by atoms with Gasteiger partial charge in [-0.3, -0.25) is 14.4 Å². The van der Waals surface area contributed by atoms with E-state index in [0.29, 0.717) is 57.0 Å². The molecule has 0 amide bonds. The van der Waals surface area contributed by atoms with Gasteiger partial charge in [-0.1, -0.05) is 220 Å². The zero-order chi connectivity index (χ0) is 47.9. The van der Waals surface area contributed by atoms with Gasteiger partial charge in [0, 0.05) is 25.3 Å². The number of carbonyl (C=O) groups excluding carboxylic acids is 3. The number of benzene rings is 1. The smallest absolute Gasteiger partial charge is 0.306 e. The van der Waals surface area contributed by atoms with Crippen molar-refractivity contribution in [1.29, 1.82) is 0 Å². The number of esters is 3. The molecular weight excluding hydrogens is 807 g/mol. The first-order chi connectivity index (χ1) is 31.9. The van der Waals surface area contributed by atoms with Crippen LogP contribution in [0.25, 0.3) is 0 Å². The number of ether oxygens (including phenoxy) is 3. The lowest BCUT2D eigenvalue weighted by Crippen LogP contribution is -2.37. The highest BCUT2D eigenvalue weighted by Gasteiger charge is 2.19. The second-order valence-corrected chi connectivity index (χ2v) is 18.9. The topological polar surface area (TPSA) is 82.1 Å². The van der Waals surface area contributed by atoms with Gasteiger partial charge in [-0.05, 0) is 88.3 Å². The summed E-state index contributed by atoms with van der Waals surface area (Å²) in [6.07, 6.45) is 38.3. The Hall–Kier alpha value is -2.41. The summed E-state index contributed by atoms with van der Waals surface area (Å²) >= 11 is 0. The summed E-state index contributed by atoms with van der Waals surface area (Å²) in [6.45, 7) is 18.8. The maximum atomic E-state index is 12.6. The van der Waals surface area contributed by atoms with Crippen LogP contribution in [-0.4, -0.2) is 55.2 Å². The Bertz CT molecular complexity index is 1130. The van der Waals surface area contributed by atoms with Crippen LogP contribution in [0.1, 0.15) is 272 Å². The molecule has 0 fully saturated rings. The molecule has 0 saturated carbocycles. The van der Waals surface area contributed by atoms with E-state index >= 15 is 0 Å². The molecule has 0 bridgehead atoms. The van der Waals surface area contributed by atoms with Crippen molar-refractivity contribution in [1.82, 2.24) is 4.90 Å². The third-order valence-corrected chi connectivity index (χ3v) is 13.3. The molecule has 0 aliphatic carbocycles. The standard InChI is InChI=1S/C56H101NO6.C2H6/c1-6-11-14-15-20-25-34-45-57(46-35-33-44-56(60)63-49-52-38-27-26-28-39-52)53(40-29-21-16-18-23-31-42-54(58)61-47-50(9-4)36-12-7-2)41-30-22-17-19-24-32-43-55(59)62-48-51(10-5)37-13-8-3;1-2/h26-28,38-39,50-51,53H,6-25,29-37,40-49H2,1-5H3;1-2H3. The molecule has 1 rings (SSSR count). The lowest BCUT2D eigenvalue weighted by atomic mass is 9.97. The minimum Gasteiger partial charge on any atom is -0.465 e. The van der Waals surface area contributed by atoms with Crippen molar-refractivity contribution in [2.45, 2.75) is 279 Å². The summed E-state index contributed by atoms with van der Waals surface area (Å²) in [4.78, 5) is 40.2. The van der Waals surface area contributed by atoms with E-state index < -0.39 is 0 Å². The van der Waals surface area contributed by atoms with E-state index in [1.165, 1.54) is 135 Å². The van der Waals surface area contributed by atoms with Gasteiger partial charge in [-0.15, -0.1) is 0 Å². The number of rotatable bonds is 46. The molecule has 7 heteroatoms.